The molecule has 60 heavy (non-hydrogen) atoms. The van der Waals surface area contributed by atoms with E-state index in [2.05, 4.69) is 167 Å². The molecule has 7 aliphatic rings. The summed E-state index contributed by atoms with van der Waals surface area (Å²) >= 11 is 0. The Morgan fingerprint density at radius 1 is 0.417 bits per heavy atom. The van der Waals surface area contributed by atoms with Crippen molar-refractivity contribution in [2.45, 2.75) is 75.0 Å². The van der Waals surface area contributed by atoms with Crippen LogP contribution in [0.3, 0.4) is 0 Å². The molecule has 4 bridgehead atoms. The molecule has 0 unspecified atom stereocenters. The van der Waals surface area contributed by atoms with Gasteiger partial charge in [-0.05, 0) is 174 Å². The van der Waals surface area contributed by atoms with Crippen molar-refractivity contribution in [2.24, 2.45) is 23.7 Å². The molecule has 2 nitrogen and oxygen atoms in total. The normalized spacial score (nSPS) is 24.9. The Balaban J connectivity index is 1.01. The van der Waals surface area contributed by atoms with E-state index < -0.39 is 0 Å². The molecule has 0 amide bonds. The Morgan fingerprint density at radius 2 is 1.00 bits per heavy atom. The molecule has 2 heteroatoms. The fraction of sp³-hybridized carbons (Fsp3) is 0.276. The molecular formula is C58H50N2. The molecule has 15 rings (SSSR count). The van der Waals surface area contributed by atoms with Gasteiger partial charge in [0.2, 0.25) is 0 Å². The van der Waals surface area contributed by atoms with Gasteiger partial charge in [-0.2, -0.15) is 0 Å². The minimum Gasteiger partial charge on any atom is -0.310 e. The van der Waals surface area contributed by atoms with Crippen LogP contribution in [0.1, 0.15) is 86.5 Å². The molecule has 0 saturated heterocycles. The van der Waals surface area contributed by atoms with Crippen molar-refractivity contribution in [3.8, 4) is 27.9 Å². The number of benzene rings is 7. The smallest absolute Gasteiger partial charge is 0.0542 e. The summed E-state index contributed by atoms with van der Waals surface area (Å²) in [6.45, 7) is 0. The molecule has 0 N–H and O–H groups in total. The molecular weight excluding hydrogens is 725 g/mol. The molecule has 2 spiro atoms. The lowest BCUT2D eigenvalue weighted by Crippen LogP contribution is -2.55. The van der Waals surface area contributed by atoms with Gasteiger partial charge < -0.3 is 9.47 Å². The van der Waals surface area contributed by atoms with Crippen molar-refractivity contribution >= 4 is 38.9 Å². The van der Waals surface area contributed by atoms with Crippen LogP contribution in [0.5, 0.6) is 0 Å². The van der Waals surface area contributed by atoms with E-state index in [1.165, 1.54) is 131 Å². The van der Waals surface area contributed by atoms with Gasteiger partial charge in [0.25, 0.3) is 0 Å². The highest BCUT2D eigenvalue weighted by atomic mass is 15.1. The van der Waals surface area contributed by atoms with Crippen LogP contribution in [-0.4, -0.2) is 4.57 Å². The van der Waals surface area contributed by atoms with E-state index in [-0.39, 0.29) is 10.8 Å². The van der Waals surface area contributed by atoms with E-state index in [9.17, 15) is 0 Å². The minimum atomic E-state index is 0.109. The molecule has 7 aromatic carbocycles. The van der Waals surface area contributed by atoms with Gasteiger partial charge in [0.1, 0.15) is 0 Å². The molecule has 0 atom stereocenters. The van der Waals surface area contributed by atoms with Crippen molar-refractivity contribution in [3.63, 3.8) is 0 Å². The molecule has 5 saturated carbocycles. The number of hydrogen-bond donors (Lipinski definition) is 0. The van der Waals surface area contributed by atoms with Crippen molar-refractivity contribution in [1.29, 1.82) is 0 Å². The maximum absolute atomic E-state index is 2.68. The third kappa shape index (κ3) is 4.40. The average molecular weight is 775 g/mol. The Kier molecular flexibility index (Phi) is 6.98. The second-order valence-electron chi connectivity index (χ2n) is 19.6. The van der Waals surface area contributed by atoms with Crippen LogP contribution in [0, 0.1) is 23.7 Å². The summed E-state index contributed by atoms with van der Waals surface area (Å²) < 4.78 is 2.44. The Bertz CT molecular complexity index is 3020. The van der Waals surface area contributed by atoms with Gasteiger partial charge in [0.15, 0.2) is 0 Å². The topological polar surface area (TPSA) is 8.17 Å². The fourth-order valence-corrected chi connectivity index (χ4v) is 15.0. The molecule has 7 aliphatic carbocycles. The Labute approximate surface area is 353 Å². The predicted molar refractivity (Wildman–Crippen MR) is 248 cm³/mol. The lowest BCUT2D eigenvalue weighted by atomic mass is 9.43. The fourth-order valence-electron chi connectivity index (χ4n) is 15.0. The predicted octanol–water partition coefficient (Wildman–Crippen LogP) is 15.2. The van der Waals surface area contributed by atoms with Gasteiger partial charge in [0, 0.05) is 44.4 Å². The van der Waals surface area contributed by atoms with Gasteiger partial charge in [-0.15, -0.1) is 0 Å². The van der Waals surface area contributed by atoms with Crippen LogP contribution in [0.4, 0.5) is 17.1 Å². The van der Waals surface area contributed by atoms with Crippen LogP contribution in [0.15, 0.2) is 158 Å². The SMILES string of the molecule is c1ccc(-n2c3ccccc3c3cc(N(c4ccc5c(c4)-c4ccccc4C54CCCCC4)c4ccc5c(c4)C4(c6ccccc6-5)C5CC6CC(C5)CC4C6)ccc32)cc1. The molecule has 0 radical (unpaired) electrons. The summed E-state index contributed by atoms with van der Waals surface area (Å²) in [4.78, 5) is 2.62. The first-order valence-corrected chi connectivity index (χ1v) is 23.1. The number of anilines is 3. The van der Waals surface area contributed by atoms with E-state index in [1.807, 2.05) is 0 Å². The highest BCUT2D eigenvalue weighted by Gasteiger charge is 2.61. The maximum Gasteiger partial charge on any atom is 0.0542 e. The van der Waals surface area contributed by atoms with Crippen molar-refractivity contribution in [2.75, 3.05) is 4.90 Å². The largest absolute Gasteiger partial charge is 0.310 e. The third-order valence-electron chi connectivity index (χ3n) is 16.9. The zero-order valence-electron chi connectivity index (χ0n) is 34.3. The molecule has 0 aliphatic heterocycles. The van der Waals surface area contributed by atoms with E-state index in [1.54, 1.807) is 22.3 Å². The summed E-state index contributed by atoms with van der Waals surface area (Å²) in [5.74, 6) is 3.29. The monoisotopic (exact) mass is 774 g/mol. The number of aromatic nitrogens is 1. The second kappa shape index (κ2) is 12.4. The number of para-hydroxylation sites is 2. The zero-order valence-corrected chi connectivity index (χ0v) is 34.3. The molecule has 8 aromatic rings. The number of hydrogen-bond acceptors (Lipinski definition) is 1. The van der Waals surface area contributed by atoms with Gasteiger partial charge in [-0.25, -0.2) is 0 Å². The lowest BCUT2D eigenvalue weighted by molar-refractivity contribution is -0.0399. The van der Waals surface area contributed by atoms with Crippen LogP contribution in [0.25, 0.3) is 49.7 Å². The van der Waals surface area contributed by atoms with Crippen LogP contribution >= 0.6 is 0 Å². The first-order chi connectivity index (χ1) is 29.7. The number of nitrogens with zero attached hydrogens (tertiary/aromatic N) is 2. The molecule has 1 heterocycles. The summed E-state index contributed by atoms with van der Waals surface area (Å²) in [6, 6.07) is 61.2. The van der Waals surface area contributed by atoms with Crippen LogP contribution in [0.2, 0.25) is 0 Å². The molecule has 5 fully saturated rings. The summed E-state index contributed by atoms with van der Waals surface area (Å²) in [6.07, 6.45) is 13.5. The van der Waals surface area contributed by atoms with Gasteiger partial charge in [-0.3, -0.25) is 0 Å². The summed E-state index contributed by atoms with van der Waals surface area (Å²) in [5.41, 5.74) is 19.8. The maximum atomic E-state index is 2.68. The first-order valence-electron chi connectivity index (χ1n) is 23.1. The average Bonchev–Trinajstić information content (AvgIpc) is 3.88. The zero-order chi connectivity index (χ0) is 39.2. The molecule has 292 valence electrons. The van der Waals surface area contributed by atoms with E-state index in [0.717, 1.165) is 23.7 Å². The van der Waals surface area contributed by atoms with Gasteiger partial charge in [0.05, 0.1) is 11.0 Å². The minimum absolute atomic E-state index is 0.109. The number of fused-ring (bicyclic) bond motifs is 11. The second-order valence-corrected chi connectivity index (χ2v) is 19.6. The van der Waals surface area contributed by atoms with Crippen LogP contribution in [-0.2, 0) is 10.8 Å². The number of rotatable bonds is 4. The quantitative estimate of drug-likeness (QED) is 0.173. The van der Waals surface area contributed by atoms with E-state index >= 15 is 0 Å². The van der Waals surface area contributed by atoms with Crippen LogP contribution < -0.4 is 4.90 Å². The highest BCUT2D eigenvalue weighted by molar-refractivity contribution is 6.10. The molecule has 1 aromatic heterocycles. The van der Waals surface area contributed by atoms with Gasteiger partial charge in [-0.1, -0.05) is 116 Å². The first kappa shape index (κ1) is 33.9. The van der Waals surface area contributed by atoms with E-state index in [0.29, 0.717) is 0 Å². The summed E-state index contributed by atoms with van der Waals surface area (Å²) in [7, 11) is 0. The standard InChI is InChI=1S/C58H50N2/c1-3-13-41(14-4-1)60-55-20-10-7-17-48(55)50-35-43(23-26-56(50)60)59(42-22-25-52-49(34-42)46-16-5-8-18-51(46)57(52)27-11-2-12-28-57)44-21-24-47-45-15-6-9-19-53(45)58(54(47)36-44)39-30-37-29-38(32-39)33-40(58)31-37/h1,3-10,13-26,34-40H,2,11-12,27-33H2. The lowest BCUT2D eigenvalue weighted by Gasteiger charge is -2.61. The highest BCUT2D eigenvalue weighted by Crippen LogP contribution is 2.70. The Hall–Kier alpha value is -5.86. The van der Waals surface area contributed by atoms with Crippen molar-refractivity contribution in [1.82, 2.24) is 4.57 Å². The Morgan fingerprint density at radius 3 is 1.80 bits per heavy atom. The van der Waals surface area contributed by atoms with Gasteiger partial charge >= 0.3 is 0 Å². The van der Waals surface area contributed by atoms with E-state index in [4.69, 9.17) is 0 Å². The van der Waals surface area contributed by atoms with Crippen molar-refractivity contribution in [3.05, 3.63) is 180 Å². The van der Waals surface area contributed by atoms with Crippen molar-refractivity contribution < 1.29 is 0 Å². The summed E-state index contributed by atoms with van der Waals surface area (Å²) in [5, 5.41) is 2.58. The third-order valence-corrected chi connectivity index (χ3v) is 16.9.